The Hall–Kier alpha value is -2.36. The third-order valence-corrected chi connectivity index (χ3v) is 2.49. The lowest BCUT2D eigenvalue weighted by molar-refractivity contribution is -0.119. The molecule has 2 rings (SSSR count). The predicted octanol–water partition coefficient (Wildman–Crippen LogP) is 2.72. The van der Waals surface area contributed by atoms with Gasteiger partial charge in [0.05, 0.1) is 7.11 Å². The molecular formula is C16H20N2O2. The van der Waals surface area contributed by atoms with Crippen molar-refractivity contribution in [1.82, 2.24) is 10.3 Å². The number of hydrogen-bond donors (Lipinski definition) is 1. The summed E-state index contributed by atoms with van der Waals surface area (Å²) in [4.78, 5) is 14.5. The Morgan fingerprint density at radius 3 is 2.45 bits per heavy atom. The van der Waals surface area contributed by atoms with Crippen LogP contribution in [-0.4, -0.2) is 18.0 Å². The van der Waals surface area contributed by atoms with Crippen molar-refractivity contribution < 1.29 is 9.53 Å². The molecule has 0 radical (unpaired) electrons. The predicted molar refractivity (Wildman–Crippen MR) is 79.5 cm³/mol. The summed E-state index contributed by atoms with van der Waals surface area (Å²) in [6, 6.07) is 13.5. The number of carbonyl (C=O) groups excluding carboxylic acids is 1. The van der Waals surface area contributed by atoms with E-state index in [2.05, 4.69) is 10.3 Å². The van der Waals surface area contributed by atoms with Gasteiger partial charge in [-0.1, -0.05) is 30.3 Å². The average molecular weight is 272 g/mol. The minimum atomic E-state index is 0.00820. The third-order valence-electron chi connectivity index (χ3n) is 2.49. The van der Waals surface area contributed by atoms with E-state index in [0.29, 0.717) is 6.54 Å². The number of hydrogen-bond acceptors (Lipinski definition) is 3. The molecule has 1 N–H and O–H groups in total. The van der Waals surface area contributed by atoms with E-state index in [-0.39, 0.29) is 5.91 Å². The van der Waals surface area contributed by atoms with E-state index < -0.39 is 0 Å². The van der Waals surface area contributed by atoms with E-state index in [1.165, 1.54) is 6.92 Å². The average Bonchev–Trinajstić information content (AvgIpc) is 2.47. The van der Waals surface area contributed by atoms with E-state index in [9.17, 15) is 4.79 Å². The van der Waals surface area contributed by atoms with Crippen molar-refractivity contribution in [3.63, 3.8) is 0 Å². The molecule has 2 aromatic rings. The van der Waals surface area contributed by atoms with Gasteiger partial charge in [-0.25, -0.2) is 0 Å². The number of rotatable bonds is 3. The maximum atomic E-state index is 10.5. The van der Waals surface area contributed by atoms with Gasteiger partial charge in [-0.3, -0.25) is 9.78 Å². The van der Waals surface area contributed by atoms with Crippen molar-refractivity contribution in [3.8, 4) is 5.75 Å². The molecule has 4 heteroatoms. The first kappa shape index (κ1) is 15.7. The van der Waals surface area contributed by atoms with Gasteiger partial charge in [-0.05, 0) is 18.6 Å². The van der Waals surface area contributed by atoms with Crippen molar-refractivity contribution in [1.29, 1.82) is 0 Å². The summed E-state index contributed by atoms with van der Waals surface area (Å²) in [5, 5.41) is 2.72. The number of aromatic nitrogens is 1. The van der Waals surface area contributed by atoms with Crippen LogP contribution in [0.25, 0.3) is 0 Å². The molecule has 0 aliphatic rings. The van der Waals surface area contributed by atoms with Crippen molar-refractivity contribution in [2.45, 2.75) is 20.4 Å². The lowest BCUT2D eigenvalue weighted by Gasteiger charge is -2.00. The van der Waals surface area contributed by atoms with Gasteiger partial charge in [0.25, 0.3) is 0 Å². The first-order chi connectivity index (χ1) is 9.61. The molecule has 0 saturated heterocycles. The van der Waals surface area contributed by atoms with E-state index in [0.717, 1.165) is 17.0 Å². The van der Waals surface area contributed by atoms with Crippen LogP contribution < -0.4 is 10.1 Å². The fraction of sp³-hybridized carbons (Fsp3) is 0.250. The van der Waals surface area contributed by atoms with Crippen LogP contribution in [0.15, 0.2) is 48.7 Å². The summed E-state index contributed by atoms with van der Waals surface area (Å²) in [7, 11) is 1.65. The van der Waals surface area contributed by atoms with Gasteiger partial charge in [0.15, 0.2) is 0 Å². The van der Waals surface area contributed by atoms with Gasteiger partial charge in [0.1, 0.15) is 5.75 Å². The largest absolute Gasteiger partial charge is 0.497 e. The number of pyridine rings is 1. The van der Waals surface area contributed by atoms with Crippen LogP contribution in [0.3, 0.4) is 0 Å². The number of carbonyl (C=O) groups is 1. The SMILES string of the molecule is CC(=O)NCc1ccccc1.COc1ccnc(C)c1. The second-order valence-electron chi connectivity index (χ2n) is 4.23. The van der Waals surface area contributed by atoms with Crippen LogP contribution in [0.2, 0.25) is 0 Å². The van der Waals surface area contributed by atoms with Crippen LogP contribution in [0.5, 0.6) is 5.75 Å². The molecule has 1 aromatic carbocycles. The minimum absolute atomic E-state index is 0.00820. The van der Waals surface area contributed by atoms with Crippen molar-refractivity contribution >= 4 is 5.91 Å². The monoisotopic (exact) mass is 272 g/mol. The Bertz CT molecular complexity index is 527. The minimum Gasteiger partial charge on any atom is -0.497 e. The summed E-state index contributed by atoms with van der Waals surface area (Å²) in [6.45, 7) is 4.07. The number of nitrogens with zero attached hydrogens (tertiary/aromatic N) is 1. The van der Waals surface area contributed by atoms with Crippen LogP contribution in [-0.2, 0) is 11.3 Å². The van der Waals surface area contributed by atoms with E-state index in [1.54, 1.807) is 13.3 Å². The Morgan fingerprint density at radius 1 is 1.25 bits per heavy atom. The number of aryl methyl sites for hydroxylation is 1. The Kier molecular flexibility index (Phi) is 6.82. The highest BCUT2D eigenvalue weighted by Gasteiger charge is 1.91. The van der Waals surface area contributed by atoms with Gasteiger partial charge >= 0.3 is 0 Å². The smallest absolute Gasteiger partial charge is 0.217 e. The van der Waals surface area contributed by atoms with Gasteiger partial charge in [0, 0.05) is 31.4 Å². The Morgan fingerprint density at radius 2 is 1.95 bits per heavy atom. The molecule has 0 unspecified atom stereocenters. The van der Waals surface area contributed by atoms with E-state index >= 15 is 0 Å². The maximum Gasteiger partial charge on any atom is 0.217 e. The van der Waals surface area contributed by atoms with Crippen LogP contribution in [0, 0.1) is 6.92 Å². The standard InChI is InChI=1S/C9H11NO.C7H9NO/c1-8(11)10-7-9-5-3-2-4-6-9;1-6-5-7(9-2)3-4-8-6/h2-6H,7H2,1H3,(H,10,11);3-5H,1-2H3. The quantitative estimate of drug-likeness (QED) is 0.934. The van der Waals surface area contributed by atoms with E-state index in [4.69, 9.17) is 4.74 Å². The van der Waals surface area contributed by atoms with Crippen LogP contribution >= 0.6 is 0 Å². The number of ether oxygens (including phenoxy) is 1. The van der Waals surface area contributed by atoms with Crippen LogP contribution in [0.4, 0.5) is 0 Å². The lowest BCUT2D eigenvalue weighted by Crippen LogP contribution is -2.18. The zero-order valence-corrected chi connectivity index (χ0v) is 12.1. The summed E-state index contributed by atoms with van der Waals surface area (Å²) in [5.74, 6) is 0.872. The number of amides is 1. The second kappa shape index (κ2) is 8.69. The Balaban J connectivity index is 0.000000204. The summed E-state index contributed by atoms with van der Waals surface area (Å²) in [6.07, 6.45) is 1.73. The molecule has 1 aromatic heterocycles. The number of methoxy groups -OCH3 is 1. The number of benzene rings is 1. The fourth-order valence-electron chi connectivity index (χ4n) is 1.47. The fourth-order valence-corrected chi connectivity index (χ4v) is 1.47. The topological polar surface area (TPSA) is 51.2 Å². The summed E-state index contributed by atoms with van der Waals surface area (Å²) < 4.78 is 4.96. The Labute approximate surface area is 119 Å². The molecular weight excluding hydrogens is 252 g/mol. The summed E-state index contributed by atoms with van der Waals surface area (Å²) in [5.41, 5.74) is 2.11. The molecule has 1 heterocycles. The molecule has 0 atom stereocenters. The van der Waals surface area contributed by atoms with E-state index in [1.807, 2.05) is 49.4 Å². The highest BCUT2D eigenvalue weighted by Crippen LogP contribution is 2.07. The molecule has 0 aliphatic heterocycles. The first-order valence-corrected chi connectivity index (χ1v) is 6.37. The first-order valence-electron chi connectivity index (χ1n) is 6.37. The molecule has 1 amide bonds. The highest BCUT2D eigenvalue weighted by atomic mass is 16.5. The normalized spacial score (nSPS) is 9.15. The van der Waals surface area contributed by atoms with Gasteiger partial charge < -0.3 is 10.1 Å². The molecule has 4 nitrogen and oxygen atoms in total. The summed E-state index contributed by atoms with van der Waals surface area (Å²) >= 11 is 0. The highest BCUT2D eigenvalue weighted by molar-refractivity contribution is 5.72. The lowest BCUT2D eigenvalue weighted by atomic mass is 10.2. The molecule has 0 bridgehead atoms. The molecule has 106 valence electrons. The molecule has 0 fully saturated rings. The second-order valence-corrected chi connectivity index (χ2v) is 4.23. The van der Waals surface area contributed by atoms with Crippen molar-refractivity contribution in [2.75, 3.05) is 7.11 Å². The zero-order valence-electron chi connectivity index (χ0n) is 12.1. The van der Waals surface area contributed by atoms with Gasteiger partial charge in [-0.2, -0.15) is 0 Å². The van der Waals surface area contributed by atoms with Gasteiger partial charge in [-0.15, -0.1) is 0 Å². The molecule has 20 heavy (non-hydrogen) atoms. The third kappa shape index (κ3) is 6.54. The van der Waals surface area contributed by atoms with Gasteiger partial charge in [0.2, 0.25) is 5.91 Å². The maximum absolute atomic E-state index is 10.5. The van der Waals surface area contributed by atoms with Crippen molar-refractivity contribution in [2.24, 2.45) is 0 Å². The zero-order chi connectivity index (χ0) is 14.8. The number of nitrogens with one attached hydrogen (secondary N) is 1. The van der Waals surface area contributed by atoms with Crippen LogP contribution in [0.1, 0.15) is 18.2 Å². The molecule has 0 spiro atoms. The van der Waals surface area contributed by atoms with Crippen molar-refractivity contribution in [3.05, 3.63) is 59.9 Å². The molecule has 0 aliphatic carbocycles. The molecule has 0 saturated carbocycles.